The van der Waals surface area contributed by atoms with E-state index in [4.69, 9.17) is 10.2 Å². The van der Waals surface area contributed by atoms with Crippen molar-refractivity contribution in [1.29, 1.82) is 0 Å². The number of likely N-dealkylation sites (tertiary alicyclic amines) is 1. The molecule has 1 aliphatic rings. The van der Waals surface area contributed by atoms with Gasteiger partial charge in [0.1, 0.15) is 11.6 Å². The van der Waals surface area contributed by atoms with Gasteiger partial charge in [-0.3, -0.25) is 14.7 Å². The van der Waals surface area contributed by atoms with E-state index in [9.17, 15) is 18.8 Å². The topological polar surface area (TPSA) is 139 Å². The first kappa shape index (κ1) is 26.6. The van der Waals surface area contributed by atoms with Gasteiger partial charge in [-0.1, -0.05) is 12.1 Å². The first-order valence-electron chi connectivity index (χ1n) is 9.86. The Morgan fingerprint density at radius 1 is 0.938 bits per heavy atom. The molecule has 0 amide bonds. The third-order valence-corrected chi connectivity index (χ3v) is 4.86. The Kier molecular flexibility index (Phi) is 11.5. The van der Waals surface area contributed by atoms with Crippen LogP contribution in [-0.4, -0.2) is 56.4 Å². The molecule has 8 nitrogen and oxygen atoms in total. The fourth-order valence-corrected chi connectivity index (χ4v) is 3.25. The summed E-state index contributed by atoms with van der Waals surface area (Å²) in [5, 5.41) is 15.6. The Labute approximate surface area is 185 Å². The maximum atomic E-state index is 12.9. The second-order valence-electron chi connectivity index (χ2n) is 7.19. The molecule has 1 fully saturated rings. The molecule has 1 saturated heterocycles. The average molecular weight is 446 g/mol. The summed E-state index contributed by atoms with van der Waals surface area (Å²) in [5.74, 6) is -2.36. The highest BCUT2D eigenvalue weighted by atomic mass is 19.1. The molecule has 0 unspecified atom stereocenters. The van der Waals surface area contributed by atoms with Gasteiger partial charge in [0.25, 0.3) is 0 Å². The number of pyridine rings is 1. The van der Waals surface area contributed by atoms with Crippen LogP contribution in [0.1, 0.15) is 24.0 Å². The number of rotatable bonds is 7. The molecule has 4 N–H and O–H groups in total. The largest absolute Gasteiger partial charge is 0.478 e. The van der Waals surface area contributed by atoms with E-state index in [1.165, 1.54) is 17.7 Å². The summed E-state index contributed by atoms with van der Waals surface area (Å²) in [7, 11) is 0. The van der Waals surface area contributed by atoms with E-state index in [2.05, 4.69) is 9.88 Å². The first-order chi connectivity index (χ1) is 14.8. The average Bonchev–Trinajstić information content (AvgIpc) is 2.75. The Bertz CT molecular complexity index is 878. The van der Waals surface area contributed by atoms with Crippen molar-refractivity contribution in [3.8, 4) is 0 Å². The van der Waals surface area contributed by atoms with Crippen LogP contribution in [0.15, 0.2) is 60.9 Å². The lowest BCUT2D eigenvalue weighted by molar-refractivity contribution is -0.134. The lowest BCUT2D eigenvalue weighted by atomic mass is 9.89. The Morgan fingerprint density at radius 2 is 1.47 bits per heavy atom. The molecule has 0 radical (unpaired) electrons. The van der Waals surface area contributed by atoms with Crippen LogP contribution in [-0.2, 0) is 27.3 Å². The number of carbonyl (C=O) groups excluding carboxylic acids is 1. The van der Waals surface area contributed by atoms with Gasteiger partial charge in [-0.15, -0.1) is 0 Å². The molecule has 0 spiro atoms. The van der Waals surface area contributed by atoms with Crippen LogP contribution in [0.2, 0.25) is 0 Å². The monoisotopic (exact) mass is 446 g/mol. The summed E-state index contributed by atoms with van der Waals surface area (Å²) >= 11 is 0. The Hall–Kier alpha value is -3.43. The normalized spacial score (nSPS) is 14.2. The minimum atomic E-state index is -1.26. The van der Waals surface area contributed by atoms with E-state index in [-0.39, 0.29) is 23.0 Å². The lowest BCUT2D eigenvalue weighted by Gasteiger charge is -2.31. The summed E-state index contributed by atoms with van der Waals surface area (Å²) in [4.78, 5) is 37.9. The minimum Gasteiger partial charge on any atom is -0.478 e. The smallest absolute Gasteiger partial charge is 0.328 e. The van der Waals surface area contributed by atoms with Crippen LogP contribution in [0.4, 0.5) is 4.39 Å². The molecule has 2 aromatic rings. The van der Waals surface area contributed by atoms with E-state index in [1.807, 2.05) is 24.5 Å². The van der Waals surface area contributed by atoms with Gasteiger partial charge in [-0.2, -0.15) is 0 Å². The van der Waals surface area contributed by atoms with Crippen LogP contribution in [0.3, 0.4) is 0 Å². The van der Waals surface area contributed by atoms with Gasteiger partial charge in [0.05, 0.1) is 0 Å². The van der Waals surface area contributed by atoms with E-state index in [0.717, 1.165) is 38.0 Å². The van der Waals surface area contributed by atoms with Crippen molar-refractivity contribution in [2.24, 2.45) is 5.92 Å². The third kappa shape index (κ3) is 10.1. The second-order valence-corrected chi connectivity index (χ2v) is 7.19. The van der Waals surface area contributed by atoms with Crippen molar-refractivity contribution < 1.29 is 34.5 Å². The SMILES string of the molecule is O.O=C(Cc1ccc(F)cc1)C1CCN(Cc2ccncc2)CC1.O=C(O)/C=C\C(=O)O. The molecule has 3 rings (SSSR count). The highest BCUT2D eigenvalue weighted by Gasteiger charge is 2.24. The number of ketones is 1. The number of nitrogens with zero attached hydrogens (tertiary/aromatic N) is 2. The number of carbonyl (C=O) groups is 3. The lowest BCUT2D eigenvalue weighted by Crippen LogP contribution is -2.36. The first-order valence-corrected chi connectivity index (χ1v) is 9.86. The van der Waals surface area contributed by atoms with E-state index < -0.39 is 11.9 Å². The van der Waals surface area contributed by atoms with Gasteiger partial charge in [0, 0.05) is 43.4 Å². The van der Waals surface area contributed by atoms with Crippen molar-refractivity contribution in [3.63, 3.8) is 0 Å². The zero-order valence-electron chi connectivity index (χ0n) is 17.5. The minimum absolute atomic E-state index is 0. The van der Waals surface area contributed by atoms with Gasteiger partial charge in [0.15, 0.2) is 0 Å². The summed E-state index contributed by atoms with van der Waals surface area (Å²) in [6.07, 6.45) is 6.97. The van der Waals surface area contributed by atoms with Crippen LogP contribution in [0.25, 0.3) is 0 Å². The van der Waals surface area contributed by atoms with Crippen LogP contribution in [0.5, 0.6) is 0 Å². The number of hydrogen-bond acceptors (Lipinski definition) is 5. The fraction of sp³-hybridized carbons (Fsp3) is 0.304. The van der Waals surface area contributed by atoms with Gasteiger partial charge >= 0.3 is 11.9 Å². The van der Waals surface area contributed by atoms with Crippen molar-refractivity contribution in [2.45, 2.75) is 25.8 Å². The number of aromatic nitrogens is 1. The van der Waals surface area contributed by atoms with Crippen molar-refractivity contribution in [2.75, 3.05) is 13.1 Å². The van der Waals surface area contributed by atoms with E-state index in [1.54, 1.807) is 12.1 Å². The van der Waals surface area contributed by atoms with Gasteiger partial charge in [0.2, 0.25) is 0 Å². The predicted molar refractivity (Wildman–Crippen MR) is 115 cm³/mol. The van der Waals surface area contributed by atoms with E-state index in [0.29, 0.717) is 18.6 Å². The van der Waals surface area contributed by atoms with Crippen molar-refractivity contribution in [1.82, 2.24) is 9.88 Å². The summed E-state index contributed by atoms with van der Waals surface area (Å²) < 4.78 is 12.9. The fourth-order valence-electron chi connectivity index (χ4n) is 3.25. The van der Waals surface area contributed by atoms with Gasteiger partial charge in [-0.25, -0.2) is 14.0 Å². The third-order valence-electron chi connectivity index (χ3n) is 4.86. The summed E-state index contributed by atoms with van der Waals surface area (Å²) in [6.45, 7) is 2.81. The maximum absolute atomic E-state index is 12.9. The number of carboxylic acid groups (broad SMARTS) is 2. The molecule has 0 bridgehead atoms. The number of carboxylic acids is 2. The quantitative estimate of drug-likeness (QED) is 0.621. The molecule has 1 aliphatic heterocycles. The van der Waals surface area contributed by atoms with Crippen molar-refractivity contribution in [3.05, 3.63) is 77.9 Å². The highest BCUT2D eigenvalue weighted by molar-refractivity contribution is 5.89. The zero-order valence-corrected chi connectivity index (χ0v) is 17.5. The molecule has 172 valence electrons. The Morgan fingerprint density at radius 3 is 1.97 bits per heavy atom. The molecule has 0 aliphatic carbocycles. The molecule has 9 heteroatoms. The molecule has 0 saturated carbocycles. The van der Waals surface area contributed by atoms with Crippen molar-refractivity contribution >= 4 is 17.7 Å². The molecule has 32 heavy (non-hydrogen) atoms. The molecule has 2 heterocycles. The van der Waals surface area contributed by atoms with Crippen LogP contribution in [0, 0.1) is 11.7 Å². The number of halogens is 1. The zero-order chi connectivity index (χ0) is 22.6. The predicted octanol–water partition coefficient (Wildman–Crippen LogP) is 2.13. The van der Waals surface area contributed by atoms with Gasteiger partial charge < -0.3 is 15.7 Å². The Balaban J connectivity index is 0.000000491. The second kappa shape index (κ2) is 13.8. The maximum Gasteiger partial charge on any atom is 0.328 e. The van der Waals surface area contributed by atoms with Gasteiger partial charge in [-0.05, 0) is 61.3 Å². The highest BCUT2D eigenvalue weighted by Crippen LogP contribution is 2.21. The molecule has 1 aromatic heterocycles. The van der Waals surface area contributed by atoms with Crippen LogP contribution < -0.4 is 0 Å². The number of Topliss-reactive ketones (excluding diaryl/α,β-unsaturated/α-hetero) is 1. The van der Waals surface area contributed by atoms with Crippen LogP contribution >= 0.6 is 0 Å². The summed E-state index contributed by atoms with van der Waals surface area (Å²) in [6, 6.07) is 10.3. The molecule has 0 atom stereocenters. The molecular formula is C23H27FN2O6. The molecular weight excluding hydrogens is 419 g/mol. The summed E-state index contributed by atoms with van der Waals surface area (Å²) in [5.41, 5.74) is 2.16. The van der Waals surface area contributed by atoms with E-state index >= 15 is 0 Å². The number of benzene rings is 1. The number of hydrogen-bond donors (Lipinski definition) is 2. The number of aliphatic carboxylic acids is 2. The number of piperidine rings is 1. The molecule has 1 aromatic carbocycles. The standard InChI is InChI=1S/C19H21FN2O.C4H4O4.H2O/c20-18-3-1-15(2-4-18)13-19(23)17-7-11-22(12-8-17)14-16-5-9-21-10-6-16;5-3(6)1-2-4(7)8;/h1-6,9-10,17H,7-8,11-14H2;1-2H,(H,5,6)(H,7,8);1H2/b;2-1-;.